The minimum atomic E-state index is -0.176. The Morgan fingerprint density at radius 1 is 1.24 bits per heavy atom. The Bertz CT molecular complexity index is 1040. The van der Waals surface area contributed by atoms with Gasteiger partial charge in [0.15, 0.2) is 5.11 Å². The van der Waals surface area contributed by atoms with Gasteiger partial charge in [-0.25, -0.2) is 0 Å². The van der Waals surface area contributed by atoms with Crippen LogP contribution in [0.4, 0.5) is 0 Å². The van der Waals surface area contributed by atoms with Gasteiger partial charge in [0.25, 0.3) is 5.56 Å². The molecule has 152 valence electrons. The largest absolute Gasteiger partial charge is 0.497 e. The van der Waals surface area contributed by atoms with E-state index >= 15 is 0 Å². The van der Waals surface area contributed by atoms with Gasteiger partial charge in [0.05, 0.1) is 26.3 Å². The Kier molecular flexibility index (Phi) is 6.85. The van der Waals surface area contributed by atoms with Crippen LogP contribution in [0.3, 0.4) is 0 Å². The number of H-pyrrole nitrogens is 1. The van der Waals surface area contributed by atoms with Gasteiger partial charge < -0.3 is 25.0 Å². The first-order chi connectivity index (χ1) is 14.0. The van der Waals surface area contributed by atoms with Gasteiger partial charge in [0.1, 0.15) is 5.75 Å². The first kappa shape index (κ1) is 20.8. The summed E-state index contributed by atoms with van der Waals surface area (Å²) in [7, 11) is 1.61. The fourth-order valence-electron chi connectivity index (χ4n) is 3.15. The highest BCUT2D eigenvalue weighted by Gasteiger charge is 2.15. The van der Waals surface area contributed by atoms with Gasteiger partial charge in [0.2, 0.25) is 0 Å². The second kappa shape index (κ2) is 9.54. The van der Waals surface area contributed by atoms with E-state index in [-0.39, 0.29) is 24.8 Å². The Hall–Kier alpha value is -2.90. The Labute approximate surface area is 175 Å². The number of aliphatic hydroxyl groups excluding tert-OH is 1. The van der Waals surface area contributed by atoms with Crippen LogP contribution in [0.15, 0.2) is 59.4 Å². The minimum absolute atomic E-state index is 0.00374. The number of methoxy groups -OCH3 is 1. The van der Waals surface area contributed by atoms with Crippen LogP contribution in [0.5, 0.6) is 5.75 Å². The maximum Gasteiger partial charge on any atom is 0.253 e. The quantitative estimate of drug-likeness (QED) is 0.519. The molecule has 0 aliphatic rings. The van der Waals surface area contributed by atoms with Crippen LogP contribution in [-0.2, 0) is 6.54 Å². The molecule has 1 aromatic heterocycles. The number of benzene rings is 2. The number of thiocarbonyl (C=S) groups is 1. The van der Waals surface area contributed by atoms with Crippen molar-refractivity contribution in [2.75, 3.05) is 20.3 Å². The lowest BCUT2D eigenvalue weighted by Crippen LogP contribution is -2.42. The van der Waals surface area contributed by atoms with Gasteiger partial charge in [0, 0.05) is 23.0 Å². The first-order valence-corrected chi connectivity index (χ1v) is 9.84. The summed E-state index contributed by atoms with van der Waals surface area (Å²) >= 11 is 5.57. The molecule has 1 atom stereocenters. The van der Waals surface area contributed by atoms with E-state index < -0.39 is 0 Å². The lowest BCUT2D eigenvalue weighted by molar-refractivity contribution is 0.244. The van der Waals surface area contributed by atoms with Gasteiger partial charge in [-0.3, -0.25) is 4.79 Å². The summed E-state index contributed by atoms with van der Waals surface area (Å²) in [4.78, 5) is 17.2. The van der Waals surface area contributed by atoms with Crippen LogP contribution in [0.25, 0.3) is 10.9 Å². The highest BCUT2D eigenvalue weighted by Crippen LogP contribution is 2.19. The molecule has 0 amide bonds. The van der Waals surface area contributed by atoms with E-state index in [0.717, 1.165) is 22.2 Å². The van der Waals surface area contributed by atoms with Crippen molar-refractivity contribution in [1.29, 1.82) is 0 Å². The normalized spacial score (nSPS) is 11.8. The molecule has 3 N–H and O–H groups in total. The van der Waals surface area contributed by atoms with Crippen LogP contribution in [0, 0.1) is 0 Å². The van der Waals surface area contributed by atoms with E-state index in [9.17, 15) is 9.90 Å². The second-order valence-electron chi connectivity index (χ2n) is 6.80. The van der Waals surface area contributed by atoms with E-state index in [2.05, 4.69) is 10.3 Å². The fraction of sp³-hybridized carbons (Fsp3) is 0.273. The van der Waals surface area contributed by atoms with Gasteiger partial charge in [-0.15, -0.1) is 0 Å². The third-order valence-electron chi connectivity index (χ3n) is 4.79. The van der Waals surface area contributed by atoms with Crippen molar-refractivity contribution in [2.24, 2.45) is 0 Å². The number of hydrogen-bond donors (Lipinski definition) is 3. The van der Waals surface area contributed by atoms with Gasteiger partial charge in [-0.1, -0.05) is 30.3 Å². The standard InChI is InChI=1S/C22H25N3O3S/c1-15(16-6-4-3-5-7-16)23-22(29)25(10-11-26)14-18-12-17-13-19(28-2)8-9-20(17)24-21(18)27/h3-9,12-13,15,26H,10-11,14H2,1-2H3,(H,23,29)(H,24,27)/t15-/m0/s1. The van der Waals surface area contributed by atoms with E-state index in [1.807, 2.05) is 55.5 Å². The number of nitrogens with zero attached hydrogens (tertiary/aromatic N) is 1. The SMILES string of the molecule is COc1ccc2[nH]c(=O)c(CN(CCO)C(=S)N[C@@H](C)c3ccccc3)cc2c1. The number of fused-ring (bicyclic) bond motifs is 1. The van der Waals surface area contributed by atoms with Gasteiger partial charge in [-0.05, 0) is 49.0 Å². The molecule has 1 heterocycles. The molecule has 7 heteroatoms. The molecule has 0 spiro atoms. The maximum atomic E-state index is 12.6. The first-order valence-electron chi connectivity index (χ1n) is 9.43. The average molecular weight is 412 g/mol. The molecule has 2 aromatic carbocycles. The topological polar surface area (TPSA) is 77.6 Å². The van der Waals surface area contributed by atoms with Crippen LogP contribution in [0.2, 0.25) is 0 Å². The number of ether oxygens (including phenoxy) is 1. The van der Waals surface area contributed by atoms with Crippen LogP contribution in [0.1, 0.15) is 24.1 Å². The smallest absolute Gasteiger partial charge is 0.253 e. The fourth-order valence-corrected chi connectivity index (χ4v) is 3.49. The van der Waals surface area contributed by atoms with E-state index in [1.54, 1.807) is 18.1 Å². The second-order valence-corrected chi connectivity index (χ2v) is 7.19. The summed E-state index contributed by atoms with van der Waals surface area (Å²) in [5, 5.41) is 14.1. The zero-order chi connectivity index (χ0) is 20.8. The molecule has 0 aliphatic carbocycles. The zero-order valence-electron chi connectivity index (χ0n) is 16.5. The lowest BCUT2D eigenvalue weighted by atomic mass is 10.1. The number of aliphatic hydroxyl groups is 1. The lowest BCUT2D eigenvalue weighted by Gasteiger charge is -2.27. The van der Waals surface area contributed by atoms with Crippen LogP contribution >= 0.6 is 12.2 Å². The summed E-state index contributed by atoms with van der Waals surface area (Å²) in [5.41, 5.74) is 2.24. The third-order valence-corrected chi connectivity index (χ3v) is 5.16. The predicted molar refractivity (Wildman–Crippen MR) is 119 cm³/mol. The molecule has 3 aromatic rings. The molecule has 29 heavy (non-hydrogen) atoms. The number of rotatable bonds is 7. The summed E-state index contributed by atoms with van der Waals surface area (Å²) in [5.74, 6) is 0.719. The Balaban J connectivity index is 1.81. The monoisotopic (exact) mass is 411 g/mol. The number of nitrogens with one attached hydrogen (secondary N) is 2. The Morgan fingerprint density at radius 3 is 2.69 bits per heavy atom. The third kappa shape index (κ3) is 5.13. The van der Waals surface area contributed by atoms with Crippen LogP contribution < -0.4 is 15.6 Å². The van der Waals surface area contributed by atoms with Gasteiger partial charge >= 0.3 is 0 Å². The average Bonchev–Trinajstić information content (AvgIpc) is 2.74. The van der Waals surface area contributed by atoms with Crippen molar-refractivity contribution in [3.8, 4) is 5.75 Å². The van der Waals surface area contributed by atoms with Crippen molar-refractivity contribution in [3.63, 3.8) is 0 Å². The van der Waals surface area contributed by atoms with Crippen molar-refractivity contribution < 1.29 is 9.84 Å². The molecule has 0 saturated carbocycles. The van der Waals surface area contributed by atoms with E-state index in [4.69, 9.17) is 17.0 Å². The molecule has 0 aliphatic heterocycles. The maximum absolute atomic E-state index is 12.6. The molecular formula is C22H25N3O3S. The number of pyridine rings is 1. The molecule has 3 rings (SSSR count). The highest BCUT2D eigenvalue weighted by molar-refractivity contribution is 7.80. The molecule has 0 saturated heterocycles. The number of aromatic amines is 1. The number of hydrogen-bond acceptors (Lipinski definition) is 4. The highest BCUT2D eigenvalue weighted by atomic mass is 32.1. The van der Waals surface area contributed by atoms with E-state index in [1.165, 1.54) is 0 Å². The van der Waals surface area contributed by atoms with Gasteiger partial charge in [-0.2, -0.15) is 0 Å². The Morgan fingerprint density at radius 2 is 2.00 bits per heavy atom. The molecular weight excluding hydrogens is 386 g/mol. The summed E-state index contributed by atoms with van der Waals surface area (Å²) in [6, 6.07) is 17.3. The predicted octanol–water partition coefficient (Wildman–Crippen LogP) is 2.97. The molecule has 0 fully saturated rings. The molecule has 0 radical (unpaired) electrons. The van der Waals surface area contributed by atoms with Crippen molar-refractivity contribution in [1.82, 2.24) is 15.2 Å². The van der Waals surface area contributed by atoms with Crippen molar-refractivity contribution in [2.45, 2.75) is 19.5 Å². The van der Waals surface area contributed by atoms with Crippen molar-refractivity contribution in [3.05, 3.63) is 76.1 Å². The zero-order valence-corrected chi connectivity index (χ0v) is 17.3. The van der Waals surface area contributed by atoms with E-state index in [0.29, 0.717) is 17.2 Å². The van der Waals surface area contributed by atoms with Crippen molar-refractivity contribution >= 4 is 28.2 Å². The minimum Gasteiger partial charge on any atom is -0.497 e. The summed E-state index contributed by atoms with van der Waals surface area (Å²) < 4.78 is 5.27. The number of aromatic nitrogens is 1. The van der Waals surface area contributed by atoms with Crippen LogP contribution in [-0.4, -0.2) is 40.4 Å². The summed E-state index contributed by atoms with van der Waals surface area (Å²) in [6.45, 7) is 2.56. The molecule has 0 unspecified atom stereocenters. The molecule has 0 bridgehead atoms. The summed E-state index contributed by atoms with van der Waals surface area (Å²) in [6.07, 6.45) is 0. The molecule has 6 nitrogen and oxygen atoms in total.